The number of nitrogens with zero attached hydrogens (tertiary/aromatic N) is 2. The highest BCUT2D eigenvalue weighted by molar-refractivity contribution is 7.81. The van der Waals surface area contributed by atoms with Gasteiger partial charge < -0.3 is 23.4 Å². The molecule has 33 heavy (non-hydrogen) atoms. The molecule has 198 valence electrons. The van der Waals surface area contributed by atoms with Gasteiger partial charge in [-0.3, -0.25) is 13.2 Å². The van der Waals surface area contributed by atoms with Crippen LogP contribution >= 0.6 is 0 Å². The Morgan fingerprint density at radius 3 is 1.79 bits per heavy atom. The van der Waals surface area contributed by atoms with E-state index in [1.54, 1.807) is 0 Å². The third kappa shape index (κ3) is 19.2. The summed E-state index contributed by atoms with van der Waals surface area (Å²) in [5.41, 5.74) is 0. The molecule has 0 aromatic rings. The van der Waals surface area contributed by atoms with E-state index >= 15 is 0 Å². The summed E-state index contributed by atoms with van der Waals surface area (Å²) in [4.78, 5) is 12.3. The van der Waals surface area contributed by atoms with E-state index in [9.17, 15) is 30.7 Å². The van der Waals surface area contributed by atoms with Gasteiger partial charge in [-0.25, -0.2) is 16.8 Å². The Balaban J connectivity index is 4.71. The van der Waals surface area contributed by atoms with E-state index in [0.29, 0.717) is 41.4 Å². The normalized spacial score (nSPS) is 14.5. The standard InChI is InChI=1S/C19H41N3O9S2/c1-17(2)19(23)20-18(9-7-11-22(5,6)14-16-31-33(27,28)29)10-13-21(3,4)12-8-15-30-32(24,25)26/h17-18H,7-16H2,1-6H3,(H-2,20,23,24,25,26,27,28,29). The molecule has 0 aliphatic carbocycles. The molecule has 0 aromatic carbocycles. The van der Waals surface area contributed by atoms with Gasteiger partial charge in [0, 0.05) is 24.8 Å². The average molecular weight is 520 g/mol. The van der Waals surface area contributed by atoms with Crippen LogP contribution in [0.5, 0.6) is 0 Å². The number of nitrogens with one attached hydrogen (secondary N) is 1. The summed E-state index contributed by atoms with van der Waals surface area (Å²) < 4.78 is 72.9. The molecule has 0 spiro atoms. The highest BCUT2D eigenvalue weighted by Crippen LogP contribution is 2.12. The lowest BCUT2D eigenvalue weighted by molar-refractivity contribution is -0.891. The Hall–Kier alpha value is -0.870. The van der Waals surface area contributed by atoms with Crippen molar-refractivity contribution in [3.05, 3.63) is 0 Å². The minimum Gasteiger partial charge on any atom is -0.726 e. The Morgan fingerprint density at radius 1 is 0.788 bits per heavy atom. The third-order valence-corrected chi connectivity index (χ3v) is 6.24. The second-order valence-electron chi connectivity index (χ2n) is 9.87. The minimum atomic E-state index is -4.70. The van der Waals surface area contributed by atoms with Crippen LogP contribution in [0.2, 0.25) is 0 Å². The van der Waals surface area contributed by atoms with E-state index in [0.717, 1.165) is 19.4 Å². The van der Waals surface area contributed by atoms with E-state index in [1.807, 2.05) is 42.0 Å². The van der Waals surface area contributed by atoms with E-state index < -0.39 is 20.8 Å². The Morgan fingerprint density at radius 2 is 1.27 bits per heavy atom. The second kappa shape index (κ2) is 13.9. The van der Waals surface area contributed by atoms with Gasteiger partial charge in [0.05, 0.1) is 54.4 Å². The van der Waals surface area contributed by atoms with Crippen LogP contribution in [0.3, 0.4) is 0 Å². The van der Waals surface area contributed by atoms with Crippen molar-refractivity contribution in [2.24, 2.45) is 5.92 Å². The van der Waals surface area contributed by atoms with Gasteiger partial charge in [0.25, 0.3) is 0 Å². The van der Waals surface area contributed by atoms with Gasteiger partial charge in [0.2, 0.25) is 26.7 Å². The molecule has 0 rings (SSSR count). The number of carbonyl (C=O) groups excluding carboxylic acids is 1. The molecular formula is C19H41N3O9S2. The Labute approximate surface area is 199 Å². The first-order chi connectivity index (χ1) is 14.8. The maximum Gasteiger partial charge on any atom is 0.222 e. The molecule has 0 heterocycles. The zero-order valence-corrected chi connectivity index (χ0v) is 22.2. The fraction of sp³-hybridized carbons (Fsp3) is 0.947. The Bertz CT molecular complexity index is 797. The minimum absolute atomic E-state index is 0.0397. The molecular weight excluding hydrogens is 478 g/mol. The highest BCUT2D eigenvalue weighted by Gasteiger charge is 2.22. The van der Waals surface area contributed by atoms with Gasteiger partial charge in [0.1, 0.15) is 13.2 Å². The quantitative estimate of drug-likeness (QED) is 0.112. The summed E-state index contributed by atoms with van der Waals surface area (Å²) in [6.45, 7) is 5.68. The molecule has 0 bridgehead atoms. The highest BCUT2D eigenvalue weighted by atomic mass is 32.3. The fourth-order valence-corrected chi connectivity index (χ4v) is 3.79. The maximum absolute atomic E-state index is 12.3. The molecule has 0 aliphatic heterocycles. The van der Waals surface area contributed by atoms with Crippen molar-refractivity contribution in [2.75, 3.05) is 67.6 Å². The monoisotopic (exact) mass is 519 g/mol. The average Bonchev–Trinajstić information content (AvgIpc) is 2.61. The van der Waals surface area contributed by atoms with Gasteiger partial charge in [-0.2, -0.15) is 0 Å². The predicted molar refractivity (Wildman–Crippen MR) is 120 cm³/mol. The van der Waals surface area contributed by atoms with Crippen molar-refractivity contribution in [3.8, 4) is 0 Å². The molecule has 12 nitrogen and oxygen atoms in total. The molecule has 0 aromatic heterocycles. The van der Waals surface area contributed by atoms with Crippen molar-refractivity contribution in [1.82, 2.24) is 5.32 Å². The molecule has 0 aliphatic rings. The first-order valence-corrected chi connectivity index (χ1v) is 13.6. The van der Waals surface area contributed by atoms with Crippen LogP contribution in [0, 0.1) is 5.92 Å². The van der Waals surface area contributed by atoms with Gasteiger partial charge in [-0.15, -0.1) is 0 Å². The molecule has 1 atom stereocenters. The summed E-state index contributed by atoms with van der Waals surface area (Å²) in [6, 6.07) is -0.0613. The van der Waals surface area contributed by atoms with Crippen LogP contribution in [-0.4, -0.2) is 114 Å². The first-order valence-electron chi connectivity index (χ1n) is 11.0. The molecule has 1 amide bonds. The zero-order valence-electron chi connectivity index (χ0n) is 20.6. The SMILES string of the molecule is CC(C)C(=O)NC(CCC[N+](C)(C)CCOS(=O)(=O)[O-])CC[N+](C)(C)CCCOS(=O)(=O)[O-]. The summed E-state index contributed by atoms with van der Waals surface area (Å²) in [6.07, 6.45) is 2.60. The molecule has 0 saturated heterocycles. The first kappa shape index (κ1) is 32.1. The van der Waals surface area contributed by atoms with Gasteiger partial charge in [-0.1, -0.05) is 13.8 Å². The van der Waals surface area contributed by atoms with Gasteiger partial charge in [0.15, 0.2) is 0 Å². The molecule has 0 fully saturated rings. The van der Waals surface area contributed by atoms with E-state index in [-0.39, 0.29) is 31.1 Å². The number of hydrogen-bond acceptors (Lipinski definition) is 9. The van der Waals surface area contributed by atoms with Crippen LogP contribution < -0.4 is 5.32 Å². The zero-order chi connectivity index (χ0) is 25.9. The van der Waals surface area contributed by atoms with E-state index in [2.05, 4.69) is 13.7 Å². The lowest BCUT2D eigenvalue weighted by atomic mass is 10.0. The Kier molecular flexibility index (Phi) is 13.5. The number of amides is 1. The lowest BCUT2D eigenvalue weighted by Crippen LogP contribution is -2.47. The van der Waals surface area contributed by atoms with Crippen molar-refractivity contribution in [1.29, 1.82) is 0 Å². The van der Waals surface area contributed by atoms with Gasteiger partial charge in [-0.05, 0) is 12.8 Å². The number of hydrogen-bond donors (Lipinski definition) is 1. The topological polar surface area (TPSA) is 162 Å². The smallest absolute Gasteiger partial charge is 0.222 e. The van der Waals surface area contributed by atoms with E-state index in [4.69, 9.17) is 0 Å². The summed E-state index contributed by atoms with van der Waals surface area (Å²) in [5.74, 6) is -0.193. The number of quaternary nitrogens is 2. The van der Waals surface area contributed by atoms with Crippen molar-refractivity contribution < 1.29 is 48.1 Å². The molecule has 0 radical (unpaired) electrons. The second-order valence-corrected chi connectivity index (χ2v) is 12.0. The third-order valence-electron chi connectivity index (χ3n) is 5.33. The fourth-order valence-electron chi connectivity index (χ4n) is 3.19. The molecule has 0 saturated carbocycles. The maximum atomic E-state index is 12.3. The summed E-state index contributed by atoms with van der Waals surface area (Å²) in [5, 5.41) is 3.08. The number of likely N-dealkylation sites (N-methyl/N-ethyl adjacent to an activating group) is 1. The molecule has 14 heteroatoms. The van der Waals surface area contributed by atoms with Crippen LogP contribution in [0.1, 0.15) is 39.5 Å². The number of carbonyl (C=O) groups is 1. The van der Waals surface area contributed by atoms with Crippen molar-refractivity contribution in [2.45, 2.75) is 45.6 Å². The molecule has 1 N–H and O–H groups in total. The van der Waals surface area contributed by atoms with Gasteiger partial charge >= 0.3 is 0 Å². The van der Waals surface area contributed by atoms with Crippen LogP contribution in [0.4, 0.5) is 0 Å². The largest absolute Gasteiger partial charge is 0.726 e. The van der Waals surface area contributed by atoms with Crippen molar-refractivity contribution >= 4 is 26.7 Å². The lowest BCUT2D eigenvalue weighted by Gasteiger charge is -2.33. The predicted octanol–water partition coefficient (Wildman–Crippen LogP) is -0.206. The summed E-state index contributed by atoms with van der Waals surface area (Å²) in [7, 11) is -1.60. The van der Waals surface area contributed by atoms with Crippen LogP contribution in [0.25, 0.3) is 0 Å². The molecule has 1 unspecified atom stereocenters. The summed E-state index contributed by atoms with van der Waals surface area (Å²) >= 11 is 0. The van der Waals surface area contributed by atoms with Crippen LogP contribution in [0.15, 0.2) is 0 Å². The number of rotatable bonds is 18. The van der Waals surface area contributed by atoms with Crippen molar-refractivity contribution in [3.63, 3.8) is 0 Å². The van der Waals surface area contributed by atoms with Crippen LogP contribution in [-0.2, 0) is 34.0 Å². The van der Waals surface area contributed by atoms with E-state index in [1.165, 1.54) is 0 Å².